The number of phenols is 2. The molecular formula is C21H22O9. The highest BCUT2D eigenvalue weighted by Gasteiger charge is 2.45. The zero-order valence-corrected chi connectivity index (χ0v) is 15.7. The van der Waals surface area contributed by atoms with Gasteiger partial charge in [0.2, 0.25) is 6.29 Å². The molecule has 1 aliphatic rings. The van der Waals surface area contributed by atoms with Crippen LogP contribution in [0.25, 0.3) is 6.08 Å². The van der Waals surface area contributed by atoms with Crippen LogP contribution in [0.4, 0.5) is 0 Å². The van der Waals surface area contributed by atoms with Crippen molar-refractivity contribution in [1.82, 2.24) is 0 Å². The van der Waals surface area contributed by atoms with E-state index in [0.29, 0.717) is 5.56 Å². The number of ether oxygens (including phenoxy) is 2. The molecule has 160 valence electrons. The molecule has 30 heavy (non-hydrogen) atoms. The smallest absolute Gasteiger partial charge is 0.229 e. The van der Waals surface area contributed by atoms with Gasteiger partial charge in [-0.1, -0.05) is 18.2 Å². The Bertz CT molecular complexity index is 907. The van der Waals surface area contributed by atoms with Gasteiger partial charge in [-0.25, -0.2) is 0 Å². The van der Waals surface area contributed by atoms with Gasteiger partial charge in [0.05, 0.1) is 12.2 Å². The molecule has 3 rings (SSSR count). The van der Waals surface area contributed by atoms with Crippen molar-refractivity contribution in [3.63, 3.8) is 0 Å². The molecule has 0 saturated carbocycles. The summed E-state index contributed by atoms with van der Waals surface area (Å²) in [5.41, 5.74) is 0.705. The number of ketones is 1. The van der Waals surface area contributed by atoms with E-state index in [1.54, 1.807) is 12.1 Å². The molecule has 0 amide bonds. The average molecular weight is 418 g/mol. The Kier molecular flexibility index (Phi) is 6.70. The van der Waals surface area contributed by atoms with Gasteiger partial charge in [-0.3, -0.25) is 4.79 Å². The lowest BCUT2D eigenvalue weighted by molar-refractivity contribution is -0.277. The maximum Gasteiger partial charge on any atom is 0.229 e. The molecule has 0 aliphatic carbocycles. The first-order valence-electron chi connectivity index (χ1n) is 9.12. The summed E-state index contributed by atoms with van der Waals surface area (Å²) in [4.78, 5) is 12.6. The van der Waals surface area contributed by atoms with Crippen molar-refractivity contribution in [1.29, 1.82) is 0 Å². The summed E-state index contributed by atoms with van der Waals surface area (Å²) in [7, 11) is 0. The van der Waals surface area contributed by atoms with Gasteiger partial charge in [0, 0.05) is 6.07 Å². The normalized spacial score (nSPS) is 26.6. The molecule has 5 atom stereocenters. The first kappa shape index (κ1) is 21.8. The molecule has 1 saturated heterocycles. The molecule has 9 nitrogen and oxygen atoms in total. The van der Waals surface area contributed by atoms with Gasteiger partial charge in [-0.05, 0) is 35.9 Å². The number of hydrogen-bond donors (Lipinski definition) is 6. The minimum Gasteiger partial charge on any atom is -0.508 e. The number of aliphatic hydroxyl groups is 4. The Labute approximate surface area is 171 Å². The Balaban J connectivity index is 1.82. The fourth-order valence-electron chi connectivity index (χ4n) is 2.95. The highest BCUT2D eigenvalue weighted by molar-refractivity contribution is 6.08. The Morgan fingerprint density at radius 1 is 0.967 bits per heavy atom. The number of aromatic hydroxyl groups is 2. The number of benzene rings is 2. The second-order valence-electron chi connectivity index (χ2n) is 6.78. The molecule has 6 N–H and O–H groups in total. The third-order valence-corrected chi connectivity index (χ3v) is 4.64. The first-order valence-corrected chi connectivity index (χ1v) is 9.12. The summed E-state index contributed by atoms with van der Waals surface area (Å²) >= 11 is 0. The van der Waals surface area contributed by atoms with E-state index in [1.165, 1.54) is 36.4 Å². The lowest BCUT2D eigenvalue weighted by atomic mass is 9.99. The standard InChI is InChI=1S/C21H22O9/c22-10-17-18(26)19(27)20(28)21(30-17)29-16-9-13(24)6-7-14(16)15(25)8-3-11-1-4-12(23)5-2-11/h1-9,17-24,26-28H,10H2/b8-3+/t17-,18+,19-,20+,21+/m1/s1. The van der Waals surface area contributed by atoms with Gasteiger partial charge in [-0.15, -0.1) is 0 Å². The largest absolute Gasteiger partial charge is 0.508 e. The van der Waals surface area contributed by atoms with E-state index in [1.807, 2.05) is 0 Å². The van der Waals surface area contributed by atoms with Gasteiger partial charge in [0.25, 0.3) is 0 Å². The van der Waals surface area contributed by atoms with E-state index >= 15 is 0 Å². The van der Waals surface area contributed by atoms with Crippen molar-refractivity contribution in [2.45, 2.75) is 30.7 Å². The fourth-order valence-corrected chi connectivity index (χ4v) is 2.95. The molecule has 2 aromatic rings. The lowest BCUT2D eigenvalue weighted by Gasteiger charge is -2.39. The van der Waals surface area contributed by atoms with E-state index in [9.17, 15) is 35.4 Å². The lowest BCUT2D eigenvalue weighted by Crippen LogP contribution is -2.60. The predicted octanol–water partition coefficient (Wildman–Crippen LogP) is 0.173. The molecular weight excluding hydrogens is 396 g/mol. The maximum atomic E-state index is 12.6. The molecule has 0 radical (unpaired) electrons. The van der Waals surface area contributed by atoms with Crippen LogP contribution in [0.5, 0.6) is 17.2 Å². The van der Waals surface area contributed by atoms with Gasteiger partial charge >= 0.3 is 0 Å². The molecule has 1 heterocycles. The molecule has 0 bridgehead atoms. The number of allylic oxidation sites excluding steroid dienone is 1. The van der Waals surface area contributed by atoms with E-state index in [2.05, 4.69) is 0 Å². The van der Waals surface area contributed by atoms with Crippen LogP contribution >= 0.6 is 0 Å². The van der Waals surface area contributed by atoms with Crippen LogP contribution in [0, 0.1) is 0 Å². The molecule has 0 unspecified atom stereocenters. The maximum absolute atomic E-state index is 12.6. The molecule has 0 spiro atoms. The van der Waals surface area contributed by atoms with Gasteiger partial charge in [0.15, 0.2) is 5.78 Å². The summed E-state index contributed by atoms with van der Waals surface area (Å²) < 4.78 is 10.8. The van der Waals surface area contributed by atoms with Crippen LogP contribution in [0.3, 0.4) is 0 Å². The van der Waals surface area contributed by atoms with Crippen LogP contribution in [0.2, 0.25) is 0 Å². The molecule has 9 heteroatoms. The van der Waals surface area contributed by atoms with Crippen LogP contribution in [0.1, 0.15) is 15.9 Å². The topological polar surface area (TPSA) is 157 Å². The monoisotopic (exact) mass is 418 g/mol. The summed E-state index contributed by atoms with van der Waals surface area (Å²) in [6.45, 7) is -0.633. The zero-order valence-electron chi connectivity index (χ0n) is 15.7. The van der Waals surface area contributed by atoms with Gasteiger partial charge in [-0.2, -0.15) is 0 Å². The summed E-state index contributed by atoms with van der Waals surface area (Å²) in [5, 5.41) is 58.2. The van der Waals surface area contributed by atoms with Gasteiger partial charge < -0.3 is 40.1 Å². The number of phenolic OH excluding ortho intramolecular Hbond substituents is 2. The van der Waals surface area contributed by atoms with Crippen LogP contribution in [-0.2, 0) is 4.74 Å². The number of rotatable bonds is 6. The molecule has 1 aliphatic heterocycles. The highest BCUT2D eigenvalue weighted by atomic mass is 16.7. The number of aliphatic hydroxyl groups excluding tert-OH is 4. The van der Waals surface area contributed by atoms with Crippen LogP contribution in [-0.4, -0.2) is 73.7 Å². The fraction of sp³-hybridized carbons (Fsp3) is 0.286. The van der Waals surface area contributed by atoms with Crippen LogP contribution < -0.4 is 4.74 Å². The molecule has 1 fully saturated rings. The Hall–Kier alpha value is -2.95. The highest BCUT2D eigenvalue weighted by Crippen LogP contribution is 2.30. The third-order valence-electron chi connectivity index (χ3n) is 4.64. The minimum absolute atomic E-state index is 0.0415. The Morgan fingerprint density at radius 2 is 1.63 bits per heavy atom. The second kappa shape index (κ2) is 9.24. The van der Waals surface area contributed by atoms with E-state index in [0.717, 1.165) is 6.07 Å². The minimum atomic E-state index is -1.67. The number of hydrogen-bond acceptors (Lipinski definition) is 9. The molecule has 2 aromatic carbocycles. The van der Waals surface area contributed by atoms with Crippen molar-refractivity contribution in [3.8, 4) is 17.2 Å². The Morgan fingerprint density at radius 3 is 2.30 bits per heavy atom. The van der Waals surface area contributed by atoms with Crippen molar-refractivity contribution in [3.05, 3.63) is 59.7 Å². The quantitative estimate of drug-likeness (QED) is 0.284. The van der Waals surface area contributed by atoms with Crippen molar-refractivity contribution in [2.24, 2.45) is 0 Å². The summed E-state index contributed by atoms with van der Waals surface area (Å²) in [5.74, 6) is -0.733. The average Bonchev–Trinajstić information content (AvgIpc) is 2.73. The second-order valence-corrected chi connectivity index (χ2v) is 6.78. The number of carbonyl (C=O) groups excluding carboxylic acids is 1. The van der Waals surface area contributed by atoms with Crippen LogP contribution in [0.15, 0.2) is 48.5 Å². The van der Waals surface area contributed by atoms with Gasteiger partial charge in [0.1, 0.15) is 41.7 Å². The van der Waals surface area contributed by atoms with Crippen molar-refractivity contribution >= 4 is 11.9 Å². The van der Waals surface area contributed by atoms with Crippen molar-refractivity contribution in [2.75, 3.05) is 6.61 Å². The third kappa shape index (κ3) is 4.78. The van der Waals surface area contributed by atoms with E-state index in [-0.39, 0.29) is 22.8 Å². The van der Waals surface area contributed by atoms with Crippen molar-refractivity contribution < 1.29 is 44.9 Å². The predicted molar refractivity (Wildman–Crippen MR) is 104 cm³/mol. The first-order chi connectivity index (χ1) is 14.3. The summed E-state index contributed by atoms with van der Waals surface area (Å²) in [6.07, 6.45) is -4.77. The van der Waals surface area contributed by atoms with E-state index in [4.69, 9.17) is 9.47 Å². The SMILES string of the molecule is O=C(/C=C/c1ccc(O)cc1)c1ccc(O)cc1O[C@H]1O[C@H](CO)[C@H](O)[C@@H](O)[C@@H]1O. The van der Waals surface area contributed by atoms with E-state index < -0.39 is 43.1 Å². The summed E-state index contributed by atoms with van der Waals surface area (Å²) in [6, 6.07) is 9.91. The zero-order chi connectivity index (χ0) is 21.8. The molecule has 0 aromatic heterocycles. The number of carbonyl (C=O) groups is 1.